The van der Waals surface area contributed by atoms with Crippen LogP contribution in [0.5, 0.6) is 0 Å². The Balaban J connectivity index is 2.24. The summed E-state index contributed by atoms with van der Waals surface area (Å²) in [5.74, 6) is 0. The van der Waals surface area contributed by atoms with E-state index >= 15 is 0 Å². The predicted octanol–water partition coefficient (Wildman–Crippen LogP) is 5.17. The minimum atomic E-state index is -1.29. The van der Waals surface area contributed by atoms with Crippen molar-refractivity contribution in [2.75, 3.05) is 6.61 Å². The van der Waals surface area contributed by atoms with Gasteiger partial charge >= 0.3 is 0 Å². The molecule has 0 saturated heterocycles. The zero-order valence-corrected chi connectivity index (χ0v) is 13.4. The first kappa shape index (κ1) is 16.4. The average molecular weight is 319 g/mol. The van der Waals surface area contributed by atoms with Gasteiger partial charge in [-0.2, -0.15) is 0 Å². The fourth-order valence-electron chi connectivity index (χ4n) is 2.98. The zero-order chi connectivity index (χ0) is 16.8. The fraction of sp³-hybridized carbons (Fsp3) is 0.136. The number of benzene rings is 3. The smallest absolute Gasteiger partial charge is 0.143 e. The Morgan fingerprint density at radius 2 is 1.04 bits per heavy atom. The average Bonchev–Trinajstić information content (AvgIpc) is 2.65. The summed E-state index contributed by atoms with van der Waals surface area (Å²) in [6.45, 7) is 3.35. The maximum Gasteiger partial charge on any atom is 0.143 e. The lowest BCUT2D eigenvalue weighted by atomic mass is 9.80. The lowest BCUT2D eigenvalue weighted by molar-refractivity contribution is -0.00751. The second-order valence-electron chi connectivity index (χ2n) is 5.69. The molecule has 3 rings (SSSR count). The van der Waals surface area contributed by atoms with E-state index in [0.717, 1.165) is 16.7 Å². The summed E-state index contributed by atoms with van der Waals surface area (Å²) in [6, 6.07) is 29.8. The van der Waals surface area contributed by atoms with Crippen molar-refractivity contribution in [1.82, 2.24) is 0 Å². The Labute approximate surface area is 142 Å². The molecule has 0 aliphatic carbocycles. The minimum Gasteiger partial charge on any atom is -0.358 e. The van der Waals surface area contributed by atoms with Crippen LogP contribution in [-0.2, 0) is 10.3 Å². The largest absolute Gasteiger partial charge is 0.358 e. The molecule has 2 heteroatoms. The molecule has 1 radical (unpaired) electrons. The summed E-state index contributed by atoms with van der Waals surface area (Å²) in [6.07, 6.45) is -1.29. The number of hydrogen-bond donors (Lipinski definition) is 0. The van der Waals surface area contributed by atoms with E-state index in [2.05, 4.69) is 6.92 Å². The normalized spacial score (nSPS) is 12.8. The SMILES string of the molecule is [CH2]C(F)COC(c1ccccc1)(c1ccccc1)c1ccccc1. The van der Waals surface area contributed by atoms with Gasteiger partial charge < -0.3 is 4.74 Å². The van der Waals surface area contributed by atoms with Crippen LogP contribution in [0.3, 0.4) is 0 Å². The van der Waals surface area contributed by atoms with Crippen LogP contribution in [0, 0.1) is 6.92 Å². The molecule has 1 atom stereocenters. The molecule has 0 amide bonds. The first-order valence-electron chi connectivity index (χ1n) is 8.01. The van der Waals surface area contributed by atoms with Crippen LogP contribution < -0.4 is 0 Å². The molecule has 1 nitrogen and oxygen atoms in total. The van der Waals surface area contributed by atoms with Crippen LogP contribution in [0.15, 0.2) is 91.0 Å². The van der Waals surface area contributed by atoms with Gasteiger partial charge in [0, 0.05) is 0 Å². The third-order valence-corrected chi connectivity index (χ3v) is 4.02. The Morgan fingerprint density at radius 3 is 1.33 bits per heavy atom. The third kappa shape index (κ3) is 3.24. The Kier molecular flexibility index (Phi) is 5.07. The first-order chi connectivity index (χ1) is 11.7. The summed E-state index contributed by atoms with van der Waals surface area (Å²) < 4.78 is 19.8. The Hall–Kier alpha value is -2.45. The summed E-state index contributed by atoms with van der Waals surface area (Å²) in [5.41, 5.74) is 2.01. The molecule has 1 unspecified atom stereocenters. The van der Waals surface area contributed by atoms with Gasteiger partial charge in [0.05, 0.1) is 6.61 Å². The van der Waals surface area contributed by atoms with Gasteiger partial charge in [-0.05, 0) is 23.6 Å². The van der Waals surface area contributed by atoms with Crippen molar-refractivity contribution < 1.29 is 9.13 Å². The van der Waals surface area contributed by atoms with E-state index in [4.69, 9.17) is 4.74 Å². The molecule has 0 aliphatic rings. The van der Waals surface area contributed by atoms with Crippen LogP contribution in [0.1, 0.15) is 16.7 Å². The number of hydrogen-bond acceptors (Lipinski definition) is 1. The van der Waals surface area contributed by atoms with Crippen LogP contribution in [0.25, 0.3) is 0 Å². The highest BCUT2D eigenvalue weighted by molar-refractivity contribution is 5.47. The molecule has 0 heterocycles. The second-order valence-corrected chi connectivity index (χ2v) is 5.69. The number of rotatable bonds is 6. The summed E-state index contributed by atoms with van der Waals surface area (Å²) in [5, 5.41) is 0. The van der Waals surface area contributed by atoms with Crippen molar-refractivity contribution in [2.45, 2.75) is 11.8 Å². The van der Waals surface area contributed by atoms with Crippen molar-refractivity contribution in [3.05, 3.63) is 115 Å². The van der Waals surface area contributed by atoms with Crippen LogP contribution in [0.4, 0.5) is 4.39 Å². The molecule has 0 aromatic heterocycles. The number of halogens is 1. The van der Waals surface area contributed by atoms with Crippen LogP contribution in [-0.4, -0.2) is 12.8 Å². The molecule has 0 fully saturated rings. The quantitative estimate of drug-likeness (QED) is 0.570. The summed E-state index contributed by atoms with van der Waals surface area (Å²) in [4.78, 5) is 0. The maximum atomic E-state index is 13.5. The van der Waals surface area contributed by atoms with Crippen LogP contribution >= 0.6 is 0 Å². The van der Waals surface area contributed by atoms with E-state index in [9.17, 15) is 4.39 Å². The van der Waals surface area contributed by atoms with Gasteiger partial charge in [0.2, 0.25) is 0 Å². The highest BCUT2D eigenvalue weighted by Gasteiger charge is 2.37. The molecule has 0 spiro atoms. The molecule has 121 valence electrons. The van der Waals surface area contributed by atoms with E-state index in [1.54, 1.807) is 0 Å². The molecular formula is C22H20FO. The van der Waals surface area contributed by atoms with E-state index in [1.165, 1.54) is 0 Å². The van der Waals surface area contributed by atoms with Gasteiger partial charge in [-0.1, -0.05) is 91.0 Å². The highest BCUT2D eigenvalue weighted by Crippen LogP contribution is 2.40. The maximum absolute atomic E-state index is 13.5. The summed E-state index contributed by atoms with van der Waals surface area (Å²) >= 11 is 0. The van der Waals surface area contributed by atoms with Gasteiger partial charge in [-0.3, -0.25) is 0 Å². The monoisotopic (exact) mass is 319 g/mol. The Morgan fingerprint density at radius 1 is 0.708 bits per heavy atom. The predicted molar refractivity (Wildman–Crippen MR) is 95.4 cm³/mol. The van der Waals surface area contributed by atoms with Crippen molar-refractivity contribution >= 4 is 0 Å². The highest BCUT2D eigenvalue weighted by atomic mass is 19.1. The van der Waals surface area contributed by atoms with E-state index in [0.29, 0.717) is 0 Å². The molecular weight excluding hydrogens is 299 g/mol. The standard InChI is InChI=1S/C22H20FO/c1-18(23)17-24-22(19-11-5-2-6-12-19,20-13-7-3-8-14-20)21-15-9-4-10-16-21/h2-16,18H,1,17H2. The molecule has 3 aromatic rings. The molecule has 0 saturated carbocycles. The van der Waals surface area contributed by atoms with E-state index in [-0.39, 0.29) is 6.61 Å². The van der Waals surface area contributed by atoms with Gasteiger partial charge in [0.15, 0.2) is 0 Å². The summed E-state index contributed by atoms with van der Waals surface area (Å²) in [7, 11) is 0. The number of alkyl halides is 1. The van der Waals surface area contributed by atoms with Crippen molar-refractivity contribution in [2.24, 2.45) is 0 Å². The minimum absolute atomic E-state index is 0.0846. The fourth-order valence-corrected chi connectivity index (χ4v) is 2.98. The Bertz CT molecular complexity index is 642. The zero-order valence-electron chi connectivity index (χ0n) is 13.4. The van der Waals surface area contributed by atoms with E-state index in [1.807, 2.05) is 91.0 Å². The molecule has 3 aromatic carbocycles. The third-order valence-electron chi connectivity index (χ3n) is 4.02. The van der Waals surface area contributed by atoms with Crippen molar-refractivity contribution in [1.29, 1.82) is 0 Å². The van der Waals surface area contributed by atoms with Gasteiger partial charge in [0.25, 0.3) is 0 Å². The first-order valence-corrected chi connectivity index (χ1v) is 8.01. The van der Waals surface area contributed by atoms with Gasteiger partial charge in [-0.15, -0.1) is 0 Å². The molecule has 24 heavy (non-hydrogen) atoms. The van der Waals surface area contributed by atoms with Gasteiger partial charge in [-0.25, -0.2) is 4.39 Å². The molecule has 0 N–H and O–H groups in total. The molecule has 0 aliphatic heterocycles. The number of ether oxygens (including phenoxy) is 1. The van der Waals surface area contributed by atoms with Crippen molar-refractivity contribution in [3.8, 4) is 0 Å². The van der Waals surface area contributed by atoms with E-state index < -0.39 is 11.8 Å². The lowest BCUT2D eigenvalue weighted by Crippen LogP contribution is -2.34. The van der Waals surface area contributed by atoms with Gasteiger partial charge in [0.1, 0.15) is 11.8 Å². The molecule has 0 bridgehead atoms. The lowest BCUT2D eigenvalue weighted by Gasteiger charge is -2.36. The van der Waals surface area contributed by atoms with Crippen molar-refractivity contribution in [3.63, 3.8) is 0 Å². The topological polar surface area (TPSA) is 9.23 Å². The second kappa shape index (κ2) is 7.41. The van der Waals surface area contributed by atoms with Crippen LogP contribution in [0.2, 0.25) is 0 Å².